The van der Waals surface area contributed by atoms with Gasteiger partial charge in [0.05, 0.1) is 16.4 Å². The van der Waals surface area contributed by atoms with Gasteiger partial charge in [-0.25, -0.2) is 9.48 Å². The highest BCUT2D eigenvalue weighted by molar-refractivity contribution is 6.33. The molecule has 2 heterocycles. The molecule has 150 valence electrons. The van der Waals surface area contributed by atoms with Gasteiger partial charge in [-0.05, 0) is 42.3 Å². The molecule has 0 atom stereocenters. The van der Waals surface area contributed by atoms with E-state index in [1.54, 1.807) is 6.20 Å². The number of halogens is 1. The van der Waals surface area contributed by atoms with Crippen LogP contribution in [0, 0.1) is 0 Å². The van der Waals surface area contributed by atoms with Crippen LogP contribution >= 0.6 is 11.6 Å². The highest BCUT2D eigenvalue weighted by atomic mass is 35.5. The Morgan fingerprint density at radius 3 is 2.45 bits per heavy atom. The van der Waals surface area contributed by atoms with Crippen molar-refractivity contribution < 1.29 is 4.79 Å². The largest absolute Gasteiger partial charge is 0.367 e. The smallest absolute Gasteiger partial charge is 0.317 e. The number of anilines is 1. The highest BCUT2D eigenvalue weighted by Gasteiger charge is 2.21. The van der Waals surface area contributed by atoms with Crippen molar-refractivity contribution in [1.29, 1.82) is 0 Å². The van der Waals surface area contributed by atoms with E-state index in [-0.39, 0.29) is 6.03 Å². The number of nitrogens with one attached hydrogen (secondary N) is 1. The minimum atomic E-state index is -0.00281. The fourth-order valence-electron chi connectivity index (χ4n) is 3.52. The van der Waals surface area contributed by atoms with Gasteiger partial charge in [0, 0.05) is 45.1 Å². The third kappa shape index (κ3) is 4.71. The van der Waals surface area contributed by atoms with Crippen LogP contribution < -0.4 is 10.2 Å². The number of aromatic nitrogens is 2. The van der Waals surface area contributed by atoms with E-state index in [2.05, 4.69) is 27.4 Å². The Morgan fingerprint density at radius 1 is 1.00 bits per heavy atom. The standard InChI is InChI=1S/C22H24ClN5O/c23-20-4-1-2-5-21(20)26-14-16-27(17-15-26)22(29)24-12-10-18-6-8-19(9-7-18)28-13-3-11-25-28/h1-9,11,13H,10,12,14-17H2,(H,24,29). The van der Waals surface area contributed by atoms with Crippen LogP contribution in [0.5, 0.6) is 0 Å². The number of carbonyl (C=O) groups excluding carboxylic acids is 1. The van der Waals surface area contributed by atoms with Gasteiger partial charge in [-0.15, -0.1) is 0 Å². The molecule has 0 unspecified atom stereocenters. The summed E-state index contributed by atoms with van der Waals surface area (Å²) in [6, 6.07) is 18.0. The fourth-order valence-corrected chi connectivity index (χ4v) is 3.78. The summed E-state index contributed by atoms with van der Waals surface area (Å²) in [4.78, 5) is 16.6. The maximum Gasteiger partial charge on any atom is 0.317 e. The lowest BCUT2D eigenvalue weighted by Crippen LogP contribution is -2.52. The first-order valence-electron chi connectivity index (χ1n) is 9.82. The van der Waals surface area contributed by atoms with Crippen LogP contribution in [0.3, 0.4) is 0 Å². The third-order valence-electron chi connectivity index (χ3n) is 5.16. The average molecular weight is 410 g/mol. The van der Waals surface area contributed by atoms with Crippen molar-refractivity contribution in [2.24, 2.45) is 0 Å². The first-order valence-corrected chi connectivity index (χ1v) is 10.2. The summed E-state index contributed by atoms with van der Waals surface area (Å²) >= 11 is 6.28. The average Bonchev–Trinajstić information content (AvgIpc) is 3.30. The summed E-state index contributed by atoms with van der Waals surface area (Å²) in [6.45, 7) is 3.56. The van der Waals surface area contributed by atoms with Crippen molar-refractivity contribution in [3.8, 4) is 5.69 Å². The van der Waals surface area contributed by atoms with Gasteiger partial charge < -0.3 is 15.1 Å². The zero-order chi connectivity index (χ0) is 20.1. The van der Waals surface area contributed by atoms with Crippen molar-refractivity contribution in [3.05, 3.63) is 77.6 Å². The van der Waals surface area contributed by atoms with Gasteiger partial charge in [-0.2, -0.15) is 5.10 Å². The Kier molecular flexibility index (Phi) is 6.00. The lowest BCUT2D eigenvalue weighted by Gasteiger charge is -2.36. The normalized spacial score (nSPS) is 14.1. The van der Waals surface area contributed by atoms with Crippen molar-refractivity contribution in [3.63, 3.8) is 0 Å². The predicted molar refractivity (Wildman–Crippen MR) is 116 cm³/mol. The molecule has 2 aromatic carbocycles. The highest BCUT2D eigenvalue weighted by Crippen LogP contribution is 2.26. The Balaban J connectivity index is 1.22. The molecule has 6 nitrogen and oxygen atoms in total. The molecule has 0 bridgehead atoms. The van der Waals surface area contributed by atoms with Gasteiger partial charge in [0.25, 0.3) is 0 Å². The van der Waals surface area contributed by atoms with Crippen molar-refractivity contribution in [2.75, 3.05) is 37.6 Å². The second-order valence-corrected chi connectivity index (χ2v) is 7.43. The minimum absolute atomic E-state index is 0.00281. The third-order valence-corrected chi connectivity index (χ3v) is 5.47. The van der Waals surface area contributed by atoms with Crippen molar-refractivity contribution in [1.82, 2.24) is 20.0 Å². The molecular weight excluding hydrogens is 386 g/mol. The van der Waals surface area contributed by atoms with Gasteiger partial charge in [0.15, 0.2) is 0 Å². The summed E-state index contributed by atoms with van der Waals surface area (Å²) in [5.41, 5.74) is 3.25. The first kappa shape index (κ1) is 19.3. The van der Waals surface area contributed by atoms with E-state index in [0.717, 1.165) is 35.9 Å². The molecule has 0 spiro atoms. The summed E-state index contributed by atoms with van der Waals surface area (Å²) in [7, 11) is 0. The van der Waals surface area contributed by atoms with E-state index in [0.29, 0.717) is 19.6 Å². The number of benzene rings is 2. The molecule has 0 aliphatic carbocycles. The van der Waals surface area contributed by atoms with Crippen LogP contribution in [0.1, 0.15) is 5.56 Å². The zero-order valence-corrected chi connectivity index (χ0v) is 16.9. The maximum absolute atomic E-state index is 12.5. The SMILES string of the molecule is O=C(NCCc1ccc(-n2cccn2)cc1)N1CCN(c2ccccc2Cl)CC1. The van der Waals surface area contributed by atoms with E-state index in [9.17, 15) is 4.79 Å². The van der Waals surface area contributed by atoms with E-state index in [1.165, 1.54) is 5.56 Å². The topological polar surface area (TPSA) is 53.4 Å². The lowest BCUT2D eigenvalue weighted by atomic mass is 10.1. The Bertz CT molecular complexity index is 934. The van der Waals surface area contributed by atoms with Crippen LogP contribution in [0.25, 0.3) is 5.69 Å². The number of nitrogens with zero attached hydrogens (tertiary/aromatic N) is 4. The summed E-state index contributed by atoms with van der Waals surface area (Å²) < 4.78 is 1.83. The molecule has 4 rings (SSSR count). The van der Waals surface area contributed by atoms with Crippen LogP contribution in [-0.2, 0) is 6.42 Å². The molecule has 1 aliphatic heterocycles. The number of para-hydroxylation sites is 1. The summed E-state index contributed by atoms with van der Waals surface area (Å²) in [6.07, 6.45) is 4.48. The molecule has 29 heavy (non-hydrogen) atoms. The summed E-state index contributed by atoms with van der Waals surface area (Å²) in [5.74, 6) is 0. The van der Waals surface area contributed by atoms with Gasteiger partial charge in [-0.3, -0.25) is 0 Å². The summed E-state index contributed by atoms with van der Waals surface area (Å²) in [5, 5.41) is 8.01. The van der Waals surface area contributed by atoms with E-state index >= 15 is 0 Å². The Labute approximate surface area is 175 Å². The maximum atomic E-state index is 12.5. The van der Waals surface area contributed by atoms with E-state index < -0.39 is 0 Å². The molecule has 1 aromatic heterocycles. The van der Waals surface area contributed by atoms with Crippen LogP contribution in [0.2, 0.25) is 5.02 Å². The van der Waals surface area contributed by atoms with E-state index in [1.807, 2.05) is 58.2 Å². The molecule has 7 heteroatoms. The number of urea groups is 1. The molecule has 0 saturated carbocycles. The molecule has 1 saturated heterocycles. The molecular formula is C22H24ClN5O. The molecule has 1 aliphatic rings. The van der Waals surface area contributed by atoms with Crippen molar-refractivity contribution >= 4 is 23.3 Å². The number of hydrogen-bond acceptors (Lipinski definition) is 3. The van der Waals surface area contributed by atoms with Crippen molar-refractivity contribution in [2.45, 2.75) is 6.42 Å². The molecule has 1 N–H and O–H groups in total. The second-order valence-electron chi connectivity index (χ2n) is 7.02. The van der Waals surface area contributed by atoms with Crippen LogP contribution in [0.4, 0.5) is 10.5 Å². The zero-order valence-electron chi connectivity index (χ0n) is 16.2. The minimum Gasteiger partial charge on any atom is -0.367 e. The predicted octanol–water partition coefficient (Wildman–Crippen LogP) is 3.60. The van der Waals surface area contributed by atoms with Crippen LogP contribution in [-0.4, -0.2) is 53.4 Å². The number of rotatable bonds is 5. The van der Waals surface area contributed by atoms with E-state index in [4.69, 9.17) is 11.6 Å². The Morgan fingerprint density at radius 2 is 1.76 bits per heavy atom. The van der Waals surface area contributed by atoms with Gasteiger partial charge in [0.2, 0.25) is 0 Å². The molecule has 1 fully saturated rings. The number of piperazine rings is 1. The number of amides is 2. The van der Waals surface area contributed by atoms with Crippen LogP contribution in [0.15, 0.2) is 67.0 Å². The van der Waals surface area contributed by atoms with Gasteiger partial charge in [-0.1, -0.05) is 35.9 Å². The van der Waals surface area contributed by atoms with Gasteiger partial charge >= 0.3 is 6.03 Å². The number of carbonyl (C=O) groups is 1. The Hall–Kier alpha value is -2.99. The monoisotopic (exact) mass is 409 g/mol. The quantitative estimate of drug-likeness (QED) is 0.700. The molecule has 0 radical (unpaired) electrons. The fraction of sp³-hybridized carbons (Fsp3) is 0.273. The first-order chi connectivity index (χ1) is 14.2. The van der Waals surface area contributed by atoms with Gasteiger partial charge in [0.1, 0.15) is 0 Å². The molecule has 3 aromatic rings. The second kappa shape index (κ2) is 9.01. The lowest BCUT2D eigenvalue weighted by molar-refractivity contribution is 0.194. The number of hydrogen-bond donors (Lipinski definition) is 1. The molecule has 2 amide bonds.